The van der Waals surface area contributed by atoms with E-state index in [0.29, 0.717) is 21.9 Å². The van der Waals surface area contributed by atoms with Crippen LogP contribution < -0.4 is 14.4 Å². The van der Waals surface area contributed by atoms with Gasteiger partial charge >= 0.3 is 0 Å². The van der Waals surface area contributed by atoms with Gasteiger partial charge in [-0.1, -0.05) is 35.3 Å². The van der Waals surface area contributed by atoms with Gasteiger partial charge in [-0.25, -0.2) is 8.42 Å². The Morgan fingerprint density at radius 3 is 2.31 bits per heavy atom. The maximum atomic E-state index is 12.4. The summed E-state index contributed by atoms with van der Waals surface area (Å²) in [6.07, 6.45) is 0.982. The smallest absolute Gasteiger partial charge is 0.271 e. The molecule has 0 bridgehead atoms. The highest BCUT2D eigenvalue weighted by molar-refractivity contribution is 7.92. The molecule has 1 amide bonds. The molecule has 0 unspecified atom stereocenters. The summed E-state index contributed by atoms with van der Waals surface area (Å²) in [6, 6.07) is 16.7. The number of amides is 1. The molecule has 35 heavy (non-hydrogen) atoms. The Balaban J connectivity index is 1.64. The minimum absolute atomic E-state index is 0.00845. The van der Waals surface area contributed by atoms with Crippen LogP contribution in [0.1, 0.15) is 15.9 Å². The average Bonchev–Trinajstić information content (AvgIpc) is 2.81. The first-order valence-corrected chi connectivity index (χ1v) is 12.8. The lowest BCUT2D eigenvalue weighted by Crippen LogP contribution is -2.30. The lowest BCUT2D eigenvalue weighted by atomic mass is 10.1. The fraction of sp³-hybridized carbons (Fsp3) is 0.174. The molecule has 0 fully saturated rings. The fourth-order valence-corrected chi connectivity index (χ4v) is 4.37. The quantitative estimate of drug-likeness (QED) is 0.228. The summed E-state index contributed by atoms with van der Waals surface area (Å²) in [4.78, 5) is 22.9. The number of ether oxygens (including phenoxy) is 1. The highest BCUT2D eigenvalue weighted by Crippen LogP contribution is 2.32. The standard InChI is InChI=1S/C23H21Cl2N3O6S/c1-35(32,33)27(22-14-19(28(30)31)8-11-21(22)25)15-16-2-4-17(5-3-16)23(29)26-12-13-34-20-9-6-18(24)7-10-20/h2-11,14H,12-13,15H2,1H3,(H,26,29). The maximum absolute atomic E-state index is 12.4. The number of nitro groups is 1. The van der Waals surface area contributed by atoms with E-state index in [0.717, 1.165) is 16.6 Å². The van der Waals surface area contributed by atoms with Crippen molar-refractivity contribution in [2.75, 3.05) is 23.7 Å². The molecule has 3 aromatic rings. The second kappa shape index (κ2) is 11.4. The summed E-state index contributed by atoms with van der Waals surface area (Å²) in [5.74, 6) is 0.310. The van der Waals surface area contributed by atoms with Crippen molar-refractivity contribution in [2.24, 2.45) is 0 Å². The summed E-state index contributed by atoms with van der Waals surface area (Å²) >= 11 is 12.0. The lowest BCUT2D eigenvalue weighted by molar-refractivity contribution is -0.384. The number of rotatable bonds is 10. The minimum Gasteiger partial charge on any atom is -0.492 e. The average molecular weight is 538 g/mol. The molecule has 3 rings (SSSR count). The van der Waals surface area contributed by atoms with E-state index in [2.05, 4.69) is 5.32 Å². The van der Waals surface area contributed by atoms with Crippen molar-refractivity contribution in [1.29, 1.82) is 0 Å². The predicted octanol–water partition coefficient (Wildman–Crippen LogP) is 4.68. The monoisotopic (exact) mass is 537 g/mol. The SMILES string of the molecule is CS(=O)(=O)N(Cc1ccc(C(=O)NCCOc2ccc(Cl)cc2)cc1)c1cc([N+](=O)[O-])ccc1Cl. The van der Waals surface area contributed by atoms with E-state index in [1.165, 1.54) is 12.1 Å². The van der Waals surface area contributed by atoms with Crippen molar-refractivity contribution in [3.05, 3.63) is 98.0 Å². The van der Waals surface area contributed by atoms with Crippen LogP contribution in [0.3, 0.4) is 0 Å². The number of nitrogens with zero attached hydrogens (tertiary/aromatic N) is 2. The largest absolute Gasteiger partial charge is 0.492 e. The number of sulfonamides is 1. The van der Waals surface area contributed by atoms with Gasteiger partial charge in [-0.05, 0) is 48.0 Å². The van der Waals surface area contributed by atoms with Gasteiger partial charge in [-0.2, -0.15) is 0 Å². The highest BCUT2D eigenvalue weighted by Gasteiger charge is 2.23. The van der Waals surface area contributed by atoms with Crippen LogP contribution in [0.15, 0.2) is 66.7 Å². The second-order valence-corrected chi connectivity index (χ2v) is 10.2. The molecule has 0 heterocycles. The molecule has 0 aliphatic rings. The molecule has 0 saturated heterocycles. The number of halogens is 2. The van der Waals surface area contributed by atoms with Crippen molar-refractivity contribution in [3.8, 4) is 5.75 Å². The summed E-state index contributed by atoms with van der Waals surface area (Å²) in [6.45, 7) is 0.408. The zero-order chi connectivity index (χ0) is 25.6. The number of non-ortho nitro benzene ring substituents is 1. The van der Waals surface area contributed by atoms with Gasteiger partial charge in [0.2, 0.25) is 10.0 Å². The number of nitrogens with one attached hydrogen (secondary N) is 1. The number of nitro benzene ring substituents is 1. The van der Waals surface area contributed by atoms with Crippen LogP contribution >= 0.6 is 23.2 Å². The molecule has 0 aromatic heterocycles. The lowest BCUT2D eigenvalue weighted by Gasteiger charge is -2.23. The Morgan fingerprint density at radius 2 is 1.71 bits per heavy atom. The number of anilines is 1. The molecule has 0 radical (unpaired) electrons. The van der Waals surface area contributed by atoms with Gasteiger partial charge < -0.3 is 10.1 Å². The van der Waals surface area contributed by atoms with Gasteiger partial charge in [0.1, 0.15) is 12.4 Å². The van der Waals surface area contributed by atoms with E-state index >= 15 is 0 Å². The number of hydrogen-bond donors (Lipinski definition) is 1. The third kappa shape index (κ3) is 7.32. The molecular weight excluding hydrogens is 517 g/mol. The molecule has 184 valence electrons. The Bertz CT molecular complexity index is 1320. The number of hydrogen-bond acceptors (Lipinski definition) is 6. The summed E-state index contributed by atoms with van der Waals surface area (Å²) in [5, 5.41) is 14.5. The van der Waals surface area contributed by atoms with Gasteiger partial charge in [0.25, 0.3) is 11.6 Å². The van der Waals surface area contributed by atoms with Crippen LogP contribution in [0.4, 0.5) is 11.4 Å². The third-order valence-corrected chi connectivity index (χ3v) is 6.52. The first kappa shape index (κ1) is 26.3. The maximum Gasteiger partial charge on any atom is 0.271 e. The first-order chi connectivity index (χ1) is 16.5. The van der Waals surface area contributed by atoms with Crippen LogP contribution in [0.25, 0.3) is 0 Å². The van der Waals surface area contributed by atoms with Gasteiger partial charge in [0.15, 0.2) is 0 Å². The van der Waals surface area contributed by atoms with Crippen LogP contribution in [0.2, 0.25) is 10.0 Å². The van der Waals surface area contributed by atoms with E-state index in [1.54, 1.807) is 48.5 Å². The summed E-state index contributed by atoms with van der Waals surface area (Å²) in [5.41, 5.74) is 0.635. The molecule has 0 aliphatic carbocycles. The Kier molecular flexibility index (Phi) is 8.55. The van der Waals surface area contributed by atoms with Crippen LogP contribution in [0.5, 0.6) is 5.75 Å². The topological polar surface area (TPSA) is 119 Å². The molecule has 0 atom stereocenters. The van der Waals surface area contributed by atoms with Crippen molar-refractivity contribution in [3.63, 3.8) is 0 Å². The Labute approximate surface area is 212 Å². The number of benzene rings is 3. The molecule has 1 N–H and O–H groups in total. The van der Waals surface area contributed by atoms with Crippen LogP contribution in [-0.4, -0.2) is 38.7 Å². The highest BCUT2D eigenvalue weighted by atomic mass is 35.5. The molecule has 12 heteroatoms. The van der Waals surface area contributed by atoms with Gasteiger partial charge in [0.05, 0.1) is 35.0 Å². The van der Waals surface area contributed by atoms with Crippen molar-refractivity contribution < 1.29 is 22.9 Å². The van der Waals surface area contributed by atoms with E-state index in [1.807, 2.05) is 0 Å². The number of carbonyl (C=O) groups excluding carboxylic acids is 1. The van der Waals surface area contributed by atoms with E-state index in [-0.39, 0.29) is 42.0 Å². The second-order valence-electron chi connectivity index (χ2n) is 7.42. The normalized spacial score (nSPS) is 11.1. The molecular formula is C23H21Cl2N3O6S. The zero-order valence-electron chi connectivity index (χ0n) is 18.5. The number of carbonyl (C=O) groups is 1. The third-order valence-electron chi connectivity index (χ3n) is 4.82. The predicted molar refractivity (Wildman–Crippen MR) is 135 cm³/mol. The molecule has 9 nitrogen and oxygen atoms in total. The molecule has 3 aromatic carbocycles. The van der Waals surface area contributed by atoms with Crippen molar-refractivity contribution in [1.82, 2.24) is 5.32 Å². The van der Waals surface area contributed by atoms with E-state index in [4.69, 9.17) is 27.9 Å². The van der Waals surface area contributed by atoms with E-state index < -0.39 is 14.9 Å². The Hall–Kier alpha value is -3.34. The van der Waals surface area contributed by atoms with Crippen molar-refractivity contribution >= 4 is 50.5 Å². The van der Waals surface area contributed by atoms with Crippen LogP contribution in [0, 0.1) is 10.1 Å². The fourth-order valence-electron chi connectivity index (χ4n) is 3.08. The zero-order valence-corrected chi connectivity index (χ0v) is 20.8. The molecule has 0 spiro atoms. The Morgan fingerprint density at radius 1 is 1.06 bits per heavy atom. The van der Waals surface area contributed by atoms with Gasteiger partial charge in [0, 0.05) is 22.7 Å². The minimum atomic E-state index is -3.82. The van der Waals surface area contributed by atoms with Gasteiger partial charge in [-0.3, -0.25) is 19.2 Å². The van der Waals surface area contributed by atoms with Gasteiger partial charge in [-0.15, -0.1) is 0 Å². The first-order valence-electron chi connectivity index (χ1n) is 10.2. The van der Waals surface area contributed by atoms with Crippen molar-refractivity contribution in [2.45, 2.75) is 6.54 Å². The summed E-state index contributed by atoms with van der Waals surface area (Å²) < 4.78 is 31.4. The van der Waals surface area contributed by atoms with E-state index in [9.17, 15) is 23.3 Å². The van der Waals surface area contributed by atoms with Crippen LogP contribution in [-0.2, 0) is 16.6 Å². The molecule has 0 saturated carbocycles. The summed E-state index contributed by atoms with van der Waals surface area (Å²) in [7, 11) is -3.82. The molecule has 0 aliphatic heterocycles.